The van der Waals surface area contributed by atoms with Crippen molar-refractivity contribution in [3.8, 4) is 16.8 Å². The Morgan fingerprint density at radius 1 is 0.620 bits per heavy atom. The van der Waals surface area contributed by atoms with Crippen molar-refractivity contribution in [1.29, 1.82) is 0 Å². The van der Waals surface area contributed by atoms with Gasteiger partial charge in [-0.2, -0.15) is 0 Å². The van der Waals surface area contributed by atoms with Gasteiger partial charge in [0.2, 0.25) is 0 Å². The Kier molecular flexibility index (Phi) is 6.45. The molecule has 50 heavy (non-hydrogen) atoms. The number of rotatable bonds is 5. The molecule has 1 aliphatic heterocycles. The predicted octanol–water partition coefficient (Wildman–Crippen LogP) is 10.2. The Hall–Kier alpha value is -6.79. The summed E-state index contributed by atoms with van der Waals surface area (Å²) in [6.45, 7) is 0. The quantitative estimate of drug-likeness (QED) is 0.203. The number of amidine groups is 2. The number of nitrogens with zero attached hydrogens (tertiary/aromatic N) is 4. The lowest BCUT2D eigenvalue weighted by Gasteiger charge is -2.23. The fourth-order valence-electron chi connectivity index (χ4n) is 7.25. The summed E-state index contributed by atoms with van der Waals surface area (Å²) in [5, 5.41) is 7.91. The lowest BCUT2D eigenvalue weighted by Crippen LogP contribution is -2.34. The number of furan rings is 1. The molecule has 0 amide bonds. The van der Waals surface area contributed by atoms with E-state index >= 15 is 0 Å². The molecule has 0 bridgehead atoms. The van der Waals surface area contributed by atoms with Gasteiger partial charge in [0.15, 0.2) is 17.3 Å². The molecule has 6 nitrogen and oxygen atoms in total. The number of para-hydroxylation sites is 2. The summed E-state index contributed by atoms with van der Waals surface area (Å²) in [4.78, 5) is 15.0. The van der Waals surface area contributed by atoms with E-state index in [1.807, 2.05) is 42.5 Å². The number of aromatic nitrogens is 2. The van der Waals surface area contributed by atoms with Gasteiger partial charge in [-0.15, -0.1) is 0 Å². The van der Waals surface area contributed by atoms with Gasteiger partial charge in [0, 0.05) is 39.0 Å². The van der Waals surface area contributed by atoms with E-state index in [0.717, 1.165) is 72.0 Å². The molecule has 0 spiro atoms. The standard InChI is InChI=1S/C44H29N5O/c1-3-13-28(14-4-1)29-15-11-16-30(27-29)42-46-43(48-44(47-42)36-21-9-10-26-45-36)35-20-12-23-38-39(35)34-25-24-33-32-19-7-8-22-37(32)49(40(33)41(34)50-38)31-17-5-2-6-18-31/h1-27,42H,(H,46,47,48). The van der Waals surface area contributed by atoms with Crippen LogP contribution in [0, 0.1) is 0 Å². The number of fused-ring (bicyclic) bond motifs is 7. The third kappa shape index (κ3) is 4.54. The molecular formula is C44H29N5O. The van der Waals surface area contributed by atoms with Crippen LogP contribution in [0.5, 0.6) is 0 Å². The van der Waals surface area contributed by atoms with Gasteiger partial charge in [-0.3, -0.25) is 4.98 Å². The molecule has 6 aromatic carbocycles. The normalized spacial score (nSPS) is 14.6. The largest absolute Gasteiger partial charge is 0.454 e. The zero-order chi connectivity index (χ0) is 33.0. The second-order valence-corrected chi connectivity index (χ2v) is 12.5. The van der Waals surface area contributed by atoms with Crippen LogP contribution >= 0.6 is 0 Å². The Bertz CT molecular complexity index is 2780. The molecular weight excluding hydrogens is 615 g/mol. The maximum absolute atomic E-state index is 6.82. The number of hydrogen-bond acceptors (Lipinski definition) is 5. The van der Waals surface area contributed by atoms with Crippen LogP contribution in [0.2, 0.25) is 0 Å². The summed E-state index contributed by atoms with van der Waals surface area (Å²) in [7, 11) is 0. The molecule has 1 unspecified atom stereocenters. The van der Waals surface area contributed by atoms with Crippen LogP contribution in [0.3, 0.4) is 0 Å². The molecule has 4 heterocycles. The maximum atomic E-state index is 6.82. The van der Waals surface area contributed by atoms with Gasteiger partial charge in [0.25, 0.3) is 0 Å². The first kappa shape index (κ1) is 28.2. The van der Waals surface area contributed by atoms with E-state index in [2.05, 4.69) is 130 Å². The van der Waals surface area contributed by atoms with E-state index in [1.165, 1.54) is 5.39 Å². The highest BCUT2D eigenvalue weighted by molar-refractivity contribution is 6.26. The van der Waals surface area contributed by atoms with Crippen molar-refractivity contribution in [2.24, 2.45) is 9.98 Å². The number of aliphatic imine (C=N–C) groups is 2. The first-order valence-electron chi connectivity index (χ1n) is 16.7. The molecule has 0 fully saturated rings. The molecule has 0 radical (unpaired) electrons. The predicted molar refractivity (Wildman–Crippen MR) is 203 cm³/mol. The van der Waals surface area contributed by atoms with Crippen molar-refractivity contribution in [2.75, 3.05) is 0 Å². The zero-order valence-electron chi connectivity index (χ0n) is 26.9. The Morgan fingerprint density at radius 3 is 2.24 bits per heavy atom. The zero-order valence-corrected chi connectivity index (χ0v) is 26.9. The minimum absolute atomic E-state index is 0.385. The average molecular weight is 644 g/mol. The van der Waals surface area contributed by atoms with Gasteiger partial charge in [0.1, 0.15) is 17.4 Å². The third-order valence-electron chi connectivity index (χ3n) is 9.51. The minimum Gasteiger partial charge on any atom is -0.454 e. The van der Waals surface area contributed by atoms with E-state index < -0.39 is 0 Å². The Morgan fingerprint density at radius 2 is 1.38 bits per heavy atom. The van der Waals surface area contributed by atoms with E-state index in [-0.39, 0.29) is 6.17 Å². The van der Waals surface area contributed by atoms with Gasteiger partial charge in [-0.05, 0) is 65.2 Å². The van der Waals surface area contributed by atoms with E-state index in [0.29, 0.717) is 11.7 Å². The van der Waals surface area contributed by atoms with Crippen LogP contribution in [0.25, 0.3) is 60.6 Å². The van der Waals surface area contributed by atoms with Crippen molar-refractivity contribution in [2.45, 2.75) is 6.17 Å². The fraction of sp³-hybridized carbons (Fsp3) is 0.0227. The lowest BCUT2D eigenvalue weighted by molar-refractivity contribution is 0.670. The molecule has 6 heteroatoms. The molecule has 3 aromatic heterocycles. The van der Waals surface area contributed by atoms with Crippen LogP contribution in [0.15, 0.2) is 178 Å². The number of hydrogen-bond donors (Lipinski definition) is 1. The van der Waals surface area contributed by atoms with Gasteiger partial charge in [-0.25, -0.2) is 9.98 Å². The van der Waals surface area contributed by atoms with Gasteiger partial charge in [-0.1, -0.05) is 109 Å². The van der Waals surface area contributed by atoms with E-state index in [1.54, 1.807) is 6.20 Å². The monoisotopic (exact) mass is 643 g/mol. The second-order valence-electron chi connectivity index (χ2n) is 12.5. The highest BCUT2D eigenvalue weighted by Gasteiger charge is 2.26. The van der Waals surface area contributed by atoms with E-state index in [4.69, 9.17) is 14.4 Å². The number of pyridine rings is 1. The highest BCUT2D eigenvalue weighted by Crippen LogP contribution is 2.41. The van der Waals surface area contributed by atoms with Crippen molar-refractivity contribution >= 4 is 55.4 Å². The average Bonchev–Trinajstić information content (AvgIpc) is 3.75. The molecule has 0 saturated heterocycles. The highest BCUT2D eigenvalue weighted by atomic mass is 16.3. The first-order chi connectivity index (χ1) is 24.8. The molecule has 0 aliphatic carbocycles. The summed E-state index contributed by atoms with van der Waals surface area (Å²) in [5.74, 6) is 1.29. The van der Waals surface area contributed by atoms with Crippen molar-refractivity contribution in [3.05, 3.63) is 181 Å². The molecule has 1 N–H and O–H groups in total. The van der Waals surface area contributed by atoms with Gasteiger partial charge < -0.3 is 14.3 Å². The third-order valence-corrected chi connectivity index (χ3v) is 9.51. The van der Waals surface area contributed by atoms with Crippen LogP contribution in [0.1, 0.15) is 23.0 Å². The molecule has 9 aromatic rings. The van der Waals surface area contributed by atoms with Crippen molar-refractivity contribution < 1.29 is 4.42 Å². The summed E-state index contributed by atoms with van der Waals surface area (Å²) in [6, 6.07) is 54.4. The smallest absolute Gasteiger partial charge is 0.160 e. The summed E-state index contributed by atoms with van der Waals surface area (Å²) in [5.41, 5.74) is 9.85. The molecule has 1 aliphatic rings. The van der Waals surface area contributed by atoms with E-state index in [9.17, 15) is 0 Å². The Balaban J connectivity index is 1.20. The number of benzene rings is 6. The topological polar surface area (TPSA) is 67.7 Å². The SMILES string of the molecule is c1ccc(-c2cccc(C3N=C(c4cccc5oc6c(ccc7c8ccccc8n(-c8ccccc8)c76)c45)N=C(c4ccccn4)N3)c2)cc1. The van der Waals surface area contributed by atoms with Crippen molar-refractivity contribution in [1.82, 2.24) is 14.9 Å². The van der Waals surface area contributed by atoms with Crippen LogP contribution in [0.4, 0.5) is 0 Å². The summed E-state index contributed by atoms with van der Waals surface area (Å²) < 4.78 is 9.13. The summed E-state index contributed by atoms with van der Waals surface area (Å²) in [6.07, 6.45) is 1.40. The van der Waals surface area contributed by atoms with Gasteiger partial charge in [0.05, 0.1) is 11.0 Å². The van der Waals surface area contributed by atoms with Crippen LogP contribution < -0.4 is 5.32 Å². The second kappa shape index (κ2) is 11.4. The maximum Gasteiger partial charge on any atom is 0.160 e. The molecule has 10 rings (SSSR count). The van der Waals surface area contributed by atoms with Crippen LogP contribution in [-0.4, -0.2) is 21.2 Å². The fourth-order valence-corrected chi connectivity index (χ4v) is 7.25. The Labute approximate surface area is 287 Å². The van der Waals surface area contributed by atoms with Crippen LogP contribution in [-0.2, 0) is 0 Å². The van der Waals surface area contributed by atoms with Gasteiger partial charge >= 0.3 is 0 Å². The number of nitrogens with one attached hydrogen (secondary N) is 1. The first-order valence-corrected chi connectivity index (χ1v) is 16.7. The summed E-state index contributed by atoms with van der Waals surface area (Å²) >= 11 is 0. The molecule has 1 atom stereocenters. The molecule has 0 saturated carbocycles. The lowest BCUT2D eigenvalue weighted by atomic mass is 10.0. The van der Waals surface area contributed by atoms with Crippen molar-refractivity contribution in [3.63, 3.8) is 0 Å². The molecule has 236 valence electrons. The minimum atomic E-state index is -0.385.